The van der Waals surface area contributed by atoms with Crippen LogP contribution in [0.25, 0.3) is 11.1 Å². The summed E-state index contributed by atoms with van der Waals surface area (Å²) in [4.78, 5) is 12.7. The number of nitrogens with zero attached hydrogens (tertiary/aromatic N) is 1. The van der Waals surface area contributed by atoms with E-state index in [0.717, 1.165) is 5.56 Å². The normalized spacial score (nSPS) is 18.5. The first-order valence-electron chi connectivity index (χ1n) is 8.22. The van der Waals surface area contributed by atoms with E-state index in [2.05, 4.69) is 10.5 Å². The highest BCUT2D eigenvalue weighted by Crippen LogP contribution is 2.50. The Morgan fingerprint density at radius 3 is 2.50 bits per heavy atom. The van der Waals surface area contributed by atoms with Crippen LogP contribution in [0.15, 0.2) is 47.0 Å². The van der Waals surface area contributed by atoms with Crippen molar-refractivity contribution in [1.29, 1.82) is 0 Å². The number of aromatic nitrogens is 1. The van der Waals surface area contributed by atoms with Gasteiger partial charge in [0.1, 0.15) is 11.5 Å². The van der Waals surface area contributed by atoms with Gasteiger partial charge in [0, 0.05) is 5.56 Å². The lowest BCUT2D eigenvalue weighted by Gasteiger charge is -2.24. The number of hydrogen-bond donors (Lipinski definition) is 2. The number of fused-ring (bicyclic) bond motifs is 1. The van der Waals surface area contributed by atoms with E-state index in [-0.39, 0.29) is 0 Å². The molecule has 132 valence electrons. The second kappa shape index (κ2) is 5.71. The van der Waals surface area contributed by atoms with Crippen LogP contribution in [-0.2, 0) is 10.4 Å². The third-order valence-corrected chi connectivity index (χ3v) is 4.79. The number of methoxy groups -OCH3 is 1. The summed E-state index contributed by atoms with van der Waals surface area (Å²) in [6.45, 7) is 3.65. The van der Waals surface area contributed by atoms with Gasteiger partial charge in [0.25, 0.3) is 5.91 Å². The van der Waals surface area contributed by atoms with E-state index < -0.39 is 11.5 Å². The number of hydrogen-bond acceptors (Lipinski definition) is 5. The largest absolute Gasteiger partial charge is 0.496 e. The molecular weight excluding hydrogens is 332 g/mol. The van der Waals surface area contributed by atoms with Crippen LogP contribution in [0.4, 0.5) is 5.69 Å². The molecule has 6 nitrogen and oxygen atoms in total. The lowest BCUT2D eigenvalue weighted by atomic mass is 9.85. The van der Waals surface area contributed by atoms with Gasteiger partial charge < -0.3 is 19.7 Å². The van der Waals surface area contributed by atoms with Crippen LogP contribution >= 0.6 is 0 Å². The second-order valence-electron chi connectivity index (χ2n) is 6.30. The molecule has 0 saturated carbocycles. The van der Waals surface area contributed by atoms with Gasteiger partial charge in [-0.25, -0.2) is 0 Å². The SMILES string of the molecule is COc1c(-c2c(C)noc2C)ccc2c1C(O)(c1ccccc1)C(=O)N2. The molecule has 2 heterocycles. The summed E-state index contributed by atoms with van der Waals surface area (Å²) in [7, 11) is 1.52. The number of rotatable bonds is 3. The van der Waals surface area contributed by atoms with E-state index in [1.807, 2.05) is 26.0 Å². The maximum atomic E-state index is 12.7. The third-order valence-electron chi connectivity index (χ3n) is 4.79. The molecule has 1 atom stereocenters. The number of nitrogens with one attached hydrogen (secondary N) is 1. The predicted molar refractivity (Wildman–Crippen MR) is 96.0 cm³/mol. The molecule has 0 spiro atoms. The Bertz CT molecular complexity index is 991. The molecule has 1 aliphatic heterocycles. The smallest absolute Gasteiger partial charge is 0.266 e. The first-order valence-corrected chi connectivity index (χ1v) is 8.22. The van der Waals surface area contributed by atoms with Crippen molar-refractivity contribution in [2.75, 3.05) is 12.4 Å². The summed E-state index contributed by atoms with van der Waals surface area (Å²) >= 11 is 0. The quantitative estimate of drug-likeness (QED) is 0.758. The van der Waals surface area contributed by atoms with Crippen molar-refractivity contribution in [1.82, 2.24) is 5.16 Å². The van der Waals surface area contributed by atoms with Crippen molar-refractivity contribution in [2.45, 2.75) is 19.4 Å². The van der Waals surface area contributed by atoms with Gasteiger partial charge in [0.05, 0.1) is 29.6 Å². The number of benzene rings is 2. The zero-order valence-corrected chi connectivity index (χ0v) is 14.7. The Morgan fingerprint density at radius 2 is 1.88 bits per heavy atom. The van der Waals surface area contributed by atoms with E-state index in [0.29, 0.717) is 39.6 Å². The molecule has 0 radical (unpaired) electrons. The first kappa shape index (κ1) is 16.4. The zero-order valence-electron chi connectivity index (χ0n) is 14.7. The van der Waals surface area contributed by atoms with Crippen LogP contribution in [0, 0.1) is 13.8 Å². The van der Waals surface area contributed by atoms with Crippen molar-refractivity contribution in [3.63, 3.8) is 0 Å². The van der Waals surface area contributed by atoms with Gasteiger partial charge in [-0.3, -0.25) is 4.79 Å². The van der Waals surface area contributed by atoms with E-state index in [9.17, 15) is 9.90 Å². The van der Waals surface area contributed by atoms with Gasteiger partial charge in [0.15, 0.2) is 5.60 Å². The molecule has 0 saturated heterocycles. The van der Waals surface area contributed by atoms with Gasteiger partial charge in [-0.15, -0.1) is 0 Å². The van der Waals surface area contributed by atoms with Crippen LogP contribution in [0.2, 0.25) is 0 Å². The lowest BCUT2D eigenvalue weighted by Crippen LogP contribution is -2.35. The van der Waals surface area contributed by atoms with Crippen molar-refractivity contribution in [2.24, 2.45) is 0 Å². The third kappa shape index (κ3) is 2.09. The molecule has 3 aromatic rings. The monoisotopic (exact) mass is 350 g/mol. The topological polar surface area (TPSA) is 84.6 Å². The minimum absolute atomic E-state index is 0.397. The van der Waals surface area contributed by atoms with E-state index >= 15 is 0 Å². The Hall–Kier alpha value is -3.12. The number of aliphatic hydroxyl groups is 1. The fraction of sp³-hybridized carbons (Fsp3) is 0.200. The summed E-state index contributed by atoms with van der Waals surface area (Å²) in [5.41, 5.74) is 1.78. The average molecular weight is 350 g/mol. The maximum Gasteiger partial charge on any atom is 0.266 e. The number of amides is 1. The lowest BCUT2D eigenvalue weighted by molar-refractivity contribution is -0.129. The summed E-state index contributed by atoms with van der Waals surface area (Å²) in [5.74, 6) is 0.552. The fourth-order valence-electron chi connectivity index (χ4n) is 3.60. The average Bonchev–Trinajstić information content (AvgIpc) is 3.12. The molecule has 4 rings (SSSR count). The van der Waals surface area contributed by atoms with Crippen molar-refractivity contribution in [3.05, 3.63) is 65.0 Å². The van der Waals surface area contributed by atoms with Crippen LogP contribution in [0.3, 0.4) is 0 Å². The minimum Gasteiger partial charge on any atom is -0.496 e. The van der Waals surface area contributed by atoms with Gasteiger partial charge in [-0.05, 0) is 31.5 Å². The molecule has 1 amide bonds. The molecule has 1 aromatic heterocycles. The molecule has 6 heteroatoms. The van der Waals surface area contributed by atoms with Crippen LogP contribution in [-0.4, -0.2) is 23.3 Å². The number of aryl methyl sites for hydroxylation is 2. The van der Waals surface area contributed by atoms with E-state index in [4.69, 9.17) is 9.26 Å². The van der Waals surface area contributed by atoms with Gasteiger partial charge in [-0.1, -0.05) is 35.5 Å². The van der Waals surface area contributed by atoms with Crippen LogP contribution in [0.1, 0.15) is 22.6 Å². The Labute approximate surface area is 150 Å². The summed E-state index contributed by atoms with van der Waals surface area (Å²) in [6.07, 6.45) is 0. The van der Waals surface area contributed by atoms with Gasteiger partial charge in [0.2, 0.25) is 0 Å². The number of anilines is 1. The Morgan fingerprint density at radius 1 is 1.15 bits per heavy atom. The van der Waals surface area contributed by atoms with Crippen LogP contribution < -0.4 is 10.1 Å². The highest BCUT2D eigenvalue weighted by Gasteiger charge is 2.49. The molecule has 0 bridgehead atoms. The number of carbonyl (C=O) groups excluding carboxylic acids is 1. The molecular formula is C20H18N2O4. The Kier molecular flexibility index (Phi) is 3.59. The van der Waals surface area contributed by atoms with Crippen LogP contribution in [0.5, 0.6) is 5.75 Å². The number of ether oxygens (including phenoxy) is 1. The van der Waals surface area contributed by atoms with Crippen molar-refractivity contribution in [3.8, 4) is 16.9 Å². The molecule has 0 aliphatic carbocycles. The molecule has 2 aromatic carbocycles. The van der Waals surface area contributed by atoms with Crippen molar-refractivity contribution < 1.29 is 19.2 Å². The molecule has 1 unspecified atom stereocenters. The van der Waals surface area contributed by atoms with Crippen molar-refractivity contribution >= 4 is 11.6 Å². The number of carbonyl (C=O) groups is 1. The first-order chi connectivity index (χ1) is 12.5. The minimum atomic E-state index is -1.84. The molecule has 26 heavy (non-hydrogen) atoms. The van der Waals surface area contributed by atoms with Gasteiger partial charge >= 0.3 is 0 Å². The molecule has 2 N–H and O–H groups in total. The zero-order chi connectivity index (χ0) is 18.5. The Balaban J connectivity index is 2.03. The highest BCUT2D eigenvalue weighted by molar-refractivity contribution is 6.09. The standard InChI is InChI=1S/C20H18N2O4/c1-11-16(12(2)26-22-11)14-9-10-15-17(18(14)25-3)20(24,19(23)21-15)13-7-5-4-6-8-13/h4-10,24H,1-3H3,(H,21,23). The summed E-state index contributed by atoms with van der Waals surface area (Å²) < 4.78 is 10.9. The van der Waals surface area contributed by atoms with E-state index in [1.54, 1.807) is 30.3 Å². The fourth-order valence-corrected chi connectivity index (χ4v) is 3.60. The second-order valence-corrected chi connectivity index (χ2v) is 6.30. The maximum absolute atomic E-state index is 12.7. The molecule has 1 aliphatic rings. The summed E-state index contributed by atoms with van der Waals surface area (Å²) in [5, 5.41) is 18.2. The van der Waals surface area contributed by atoms with E-state index in [1.165, 1.54) is 7.11 Å². The predicted octanol–water partition coefficient (Wildman–Crippen LogP) is 3.16. The summed E-state index contributed by atoms with van der Waals surface area (Å²) in [6, 6.07) is 12.4. The van der Waals surface area contributed by atoms with Gasteiger partial charge in [-0.2, -0.15) is 0 Å². The highest BCUT2D eigenvalue weighted by atomic mass is 16.5. The molecule has 0 fully saturated rings.